The van der Waals surface area contributed by atoms with Crippen LogP contribution in [-0.2, 0) is 10.5 Å². The molecule has 1 aliphatic carbocycles. The van der Waals surface area contributed by atoms with Gasteiger partial charge in [0, 0.05) is 30.9 Å². The number of piperidine rings is 1. The zero-order chi connectivity index (χ0) is 17.2. The van der Waals surface area contributed by atoms with Gasteiger partial charge in [0.05, 0.1) is 6.61 Å². The molecular formula is C23H25NO2. The first-order valence-electron chi connectivity index (χ1n) is 10.1. The zero-order valence-corrected chi connectivity index (χ0v) is 15.1. The molecule has 26 heavy (non-hydrogen) atoms. The third kappa shape index (κ3) is 1.80. The highest BCUT2D eigenvalue weighted by Crippen LogP contribution is 2.64. The van der Waals surface area contributed by atoms with E-state index in [-0.39, 0.29) is 11.4 Å². The largest absolute Gasteiger partial charge is 0.472 e. The average Bonchev–Trinajstić information content (AvgIpc) is 3.15. The monoisotopic (exact) mass is 347 g/mol. The van der Waals surface area contributed by atoms with Gasteiger partial charge < -0.3 is 9.47 Å². The van der Waals surface area contributed by atoms with Crippen LogP contribution in [0.25, 0.3) is 0 Å². The molecule has 134 valence electrons. The van der Waals surface area contributed by atoms with Crippen molar-refractivity contribution < 1.29 is 9.47 Å². The Bertz CT molecular complexity index is 837. The molecule has 0 N–H and O–H groups in total. The van der Waals surface area contributed by atoms with E-state index in [1.807, 2.05) is 0 Å². The first-order chi connectivity index (χ1) is 12.8. The molecule has 2 aromatic carbocycles. The summed E-state index contributed by atoms with van der Waals surface area (Å²) >= 11 is 0. The minimum Gasteiger partial charge on any atom is -0.472 e. The Balaban J connectivity index is 1.59. The van der Waals surface area contributed by atoms with Gasteiger partial charge in [0.15, 0.2) is 11.4 Å². The van der Waals surface area contributed by atoms with Crippen molar-refractivity contribution in [1.29, 1.82) is 0 Å². The summed E-state index contributed by atoms with van der Waals surface area (Å²) in [6.07, 6.45) is 5.94. The summed E-state index contributed by atoms with van der Waals surface area (Å²) in [7, 11) is 0. The number of ether oxygens (including phenoxy) is 2. The molecule has 2 aromatic rings. The van der Waals surface area contributed by atoms with Gasteiger partial charge in [-0.15, -0.1) is 0 Å². The Morgan fingerprint density at radius 3 is 2.73 bits per heavy atom. The Morgan fingerprint density at radius 2 is 1.81 bits per heavy atom. The maximum absolute atomic E-state index is 6.90. The van der Waals surface area contributed by atoms with Gasteiger partial charge in [0.1, 0.15) is 5.75 Å². The Morgan fingerprint density at radius 1 is 0.962 bits per heavy atom. The standard InChI is InChI=1S/C23H25NO2/c1-2-8-17(9-3-1)18-16-23-20-11-4-5-12-21(20)26-22(24(23)14-15-25-23)13-7-6-10-19(18)22/h1-5,8-9,11-12,18-19H,6-7,10,13-16H2/t18-,19+,22+,23-/m0/s1. The number of benzene rings is 2. The van der Waals surface area contributed by atoms with E-state index in [2.05, 4.69) is 59.5 Å². The van der Waals surface area contributed by atoms with Crippen LogP contribution in [0.2, 0.25) is 0 Å². The van der Waals surface area contributed by atoms with Crippen molar-refractivity contribution in [3.05, 3.63) is 65.7 Å². The molecule has 3 heterocycles. The highest BCUT2D eigenvalue weighted by Gasteiger charge is 2.67. The molecule has 3 nitrogen and oxygen atoms in total. The molecule has 0 aromatic heterocycles. The summed E-state index contributed by atoms with van der Waals surface area (Å²) in [5.74, 6) is 2.06. The van der Waals surface area contributed by atoms with E-state index >= 15 is 0 Å². The quantitative estimate of drug-likeness (QED) is 0.750. The van der Waals surface area contributed by atoms with Crippen molar-refractivity contribution in [2.75, 3.05) is 13.2 Å². The molecule has 6 rings (SSSR count). The van der Waals surface area contributed by atoms with E-state index in [1.165, 1.54) is 30.4 Å². The van der Waals surface area contributed by atoms with Gasteiger partial charge in [-0.05, 0) is 30.4 Å². The van der Waals surface area contributed by atoms with Crippen molar-refractivity contribution in [3.63, 3.8) is 0 Å². The molecule has 2 saturated heterocycles. The van der Waals surface area contributed by atoms with Gasteiger partial charge in [-0.1, -0.05) is 55.0 Å². The topological polar surface area (TPSA) is 21.7 Å². The summed E-state index contributed by atoms with van der Waals surface area (Å²) in [5, 5.41) is 0. The molecular weight excluding hydrogens is 322 g/mol. The number of fused-ring (bicyclic) bond motifs is 1. The van der Waals surface area contributed by atoms with Gasteiger partial charge in [0.2, 0.25) is 0 Å². The predicted molar refractivity (Wildman–Crippen MR) is 99.9 cm³/mol. The first-order valence-corrected chi connectivity index (χ1v) is 10.1. The molecule has 3 aliphatic heterocycles. The summed E-state index contributed by atoms with van der Waals surface area (Å²) in [5.41, 5.74) is 2.15. The molecule has 4 atom stereocenters. The van der Waals surface area contributed by atoms with E-state index in [4.69, 9.17) is 9.47 Å². The highest BCUT2D eigenvalue weighted by atomic mass is 16.6. The molecule has 3 fully saturated rings. The van der Waals surface area contributed by atoms with Crippen LogP contribution in [0.15, 0.2) is 54.6 Å². The lowest BCUT2D eigenvalue weighted by molar-refractivity contribution is -0.281. The number of hydrogen-bond acceptors (Lipinski definition) is 3. The van der Waals surface area contributed by atoms with E-state index < -0.39 is 0 Å². The summed E-state index contributed by atoms with van der Waals surface area (Å²) in [4.78, 5) is 2.60. The SMILES string of the molecule is c1ccc([C@@H]2C[C@@]34OCCN3[C@]3(CCCC[C@H]23)Oc2ccccc24)cc1. The van der Waals surface area contributed by atoms with Crippen molar-refractivity contribution in [1.82, 2.24) is 4.90 Å². The number of rotatable bonds is 1. The third-order valence-corrected chi connectivity index (χ3v) is 7.23. The van der Waals surface area contributed by atoms with Gasteiger partial charge >= 0.3 is 0 Å². The van der Waals surface area contributed by atoms with Crippen LogP contribution in [0, 0.1) is 5.92 Å². The molecule has 1 saturated carbocycles. The Kier molecular flexibility index (Phi) is 3.13. The summed E-state index contributed by atoms with van der Waals surface area (Å²) in [6, 6.07) is 19.7. The zero-order valence-electron chi connectivity index (χ0n) is 15.1. The molecule has 0 unspecified atom stereocenters. The van der Waals surface area contributed by atoms with Gasteiger partial charge in [-0.2, -0.15) is 0 Å². The van der Waals surface area contributed by atoms with Crippen molar-refractivity contribution in [3.8, 4) is 5.75 Å². The van der Waals surface area contributed by atoms with Gasteiger partial charge in [-0.3, -0.25) is 0 Å². The number of para-hydroxylation sites is 1. The normalized spacial score (nSPS) is 38.0. The molecule has 2 bridgehead atoms. The van der Waals surface area contributed by atoms with Crippen LogP contribution < -0.4 is 4.74 Å². The van der Waals surface area contributed by atoms with Crippen molar-refractivity contribution >= 4 is 0 Å². The van der Waals surface area contributed by atoms with Crippen LogP contribution in [0.1, 0.15) is 49.1 Å². The molecule has 4 aliphatic rings. The van der Waals surface area contributed by atoms with Crippen LogP contribution in [0.5, 0.6) is 5.75 Å². The van der Waals surface area contributed by atoms with Gasteiger partial charge in [0.25, 0.3) is 0 Å². The van der Waals surface area contributed by atoms with Crippen LogP contribution in [0.4, 0.5) is 0 Å². The number of nitrogens with zero attached hydrogens (tertiary/aromatic N) is 1. The maximum Gasteiger partial charge on any atom is 0.169 e. The third-order valence-electron chi connectivity index (χ3n) is 7.23. The van der Waals surface area contributed by atoms with E-state index in [0.29, 0.717) is 11.8 Å². The smallest absolute Gasteiger partial charge is 0.169 e. The van der Waals surface area contributed by atoms with Crippen LogP contribution in [0.3, 0.4) is 0 Å². The second kappa shape index (κ2) is 5.34. The molecule has 0 radical (unpaired) electrons. The first kappa shape index (κ1) is 15.2. The average molecular weight is 347 g/mol. The summed E-state index contributed by atoms with van der Waals surface area (Å²) < 4.78 is 13.5. The second-order valence-electron chi connectivity index (χ2n) is 8.30. The fourth-order valence-corrected chi connectivity index (χ4v) is 6.31. The predicted octanol–water partition coefficient (Wildman–Crippen LogP) is 4.64. The number of hydrogen-bond donors (Lipinski definition) is 0. The minimum atomic E-state index is -0.316. The lowest BCUT2D eigenvalue weighted by Crippen LogP contribution is -2.71. The lowest BCUT2D eigenvalue weighted by Gasteiger charge is -2.63. The highest BCUT2D eigenvalue weighted by molar-refractivity contribution is 5.44. The molecule has 1 spiro atoms. The second-order valence-corrected chi connectivity index (χ2v) is 8.30. The molecule has 3 heteroatoms. The lowest BCUT2D eigenvalue weighted by atomic mass is 9.62. The van der Waals surface area contributed by atoms with Gasteiger partial charge in [-0.25, -0.2) is 4.90 Å². The summed E-state index contributed by atoms with van der Waals surface area (Å²) in [6.45, 7) is 1.78. The van der Waals surface area contributed by atoms with E-state index in [9.17, 15) is 0 Å². The van der Waals surface area contributed by atoms with Crippen molar-refractivity contribution in [2.45, 2.75) is 49.5 Å². The fourth-order valence-electron chi connectivity index (χ4n) is 6.31. The van der Waals surface area contributed by atoms with E-state index in [1.54, 1.807) is 0 Å². The minimum absolute atomic E-state index is 0.206. The van der Waals surface area contributed by atoms with Crippen molar-refractivity contribution in [2.24, 2.45) is 5.92 Å². The van der Waals surface area contributed by atoms with Crippen LogP contribution >= 0.6 is 0 Å². The van der Waals surface area contributed by atoms with E-state index in [0.717, 1.165) is 31.7 Å². The molecule has 0 amide bonds. The Hall–Kier alpha value is -1.84. The maximum atomic E-state index is 6.90. The van der Waals surface area contributed by atoms with Crippen LogP contribution in [-0.4, -0.2) is 23.8 Å². The Labute approximate surface area is 154 Å². The fraction of sp³-hybridized carbons (Fsp3) is 0.478.